The summed E-state index contributed by atoms with van der Waals surface area (Å²) < 4.78 is 11.3. The van der Waals surface area contributed by atoms with Crippen molar-refractivity contribution in [1.29, 1.82) is 0 Å². The summed E-state index contributed by atoms with van der Waals surface area (Å²) in [7, 11) is 1.74. The normalized spacial score (nSPS) is 23.9. The summed E-state index contributed by atoms with van der Waals surface area (Å²) in [5.74, 6) is 1.76. The second-order valence-corrected chi connectivity index (χ2v) is 8.45. The number of aromatic nitrogens is 1. The molecule has 2 unspecified atom stereocenters. The fourth-order valence-corrected chi connectivity index (χ4v) is 4.61. The SMILES string of the molecule is COc1cc([C@@H](C)N2CCNC(c3ccccc3C)C2)cnc1N1CCOCC1C. The van der Waals surface area contributed by atoms with E-state index in [2.05, 4.69) is 66.2 Å². The van der Waals surface area contributed by atoms with E-state index < -0.39 is 0 Å². The van der Waals surface area contributed by atoms with Crippen LogP contribution >= 0.6 is 0 Å². The van der Waals surface area contributed by atoms with Gasteiger partial charge in [0.1, 0.15) is 0 Å². The van der Waals surface area contributed by atoms with Gasteiger partial charge in [-0.05, 0) is 43.5 Å². The number of hydrogen-bond acceptors (Lipinski definition) is 6. The fourth-order valence-electron chi connectivity index (χ4n) is 4.61. The summed E-state index contributed by atoms with van der Waals surface area (Å²) in [6.07, 6.45) is 2.02. The zero-order valence-corrected chi connectivity index (χ0v) is 18.6. The number of aryl methyl sites for hydroxylation is 1. The van der Waals surface area contributed by atoms with Crippen LogP contribution in [0, 0.1) is 6.92 Å². The van der Waals surface area contributed by atoms with Crippen molar-refractivity contribution in [2.45, 2.75) is 38.9 Å². The van der Waals surface area contributed by atoms with Gasteiger partial charge in [0.05, 0.1) is 26.4 Å². The molecule has 3 heterocycles. The molecule has 6 heteroatoms. The second kappa shape index (κ2) is 9.33. The first-order chi connectivity index (χ1) is 14.6. The number of ether oxygens (including phenoxy) is 2. The van der Waals surface area contributed by atoms with Crippen LogP contribution in [0.2, 0.25) is 0 Å². The van der Waals surface area contributed by atoms with Gasteiger partial charge in [-0.25, -0.2) is 4.98 Å². The van der Waals surface area contributed by atoms with E-state index in [9.17, 15) is 0 Å². The molecule has 30 heavy (non-hydrogen) atoms. The molecule has 2 saturated heterocycles. The number of pyridine rings is 1. The smallest absolute Gasteiger partial charge is 0.171 e. The Hall–Kier alpha value is -2.15. The van der Waals surface area contributed by atoms with E-state index in [1.807, 2.05) is 6.20 Å². The summed E-state index contributed by atoms with van der Waals surface area (Å²) in [4.78, 5) is 9.66. The Bertz CT molecular complexity index is 859. The average Bonchev–Trinajstić information content (AvgIpc) is 2.79. The van der Waals surface area contributed by atoms with Crippen molar-refractivity contribution in [1.82, 2.24) is 15.2 Å². The molecule has 0 radical (unpaired) electrons. The Morgan fingerprint density at radius 1 is 1.27 bits per heavy atom. The van der Waals surface area contributed by atoms with Gasteiger partial charge in [0.25, 0.3) is 0 Å². The Kier molecular flexibility index (Phi) is 6.56. The Balaban J connectivity index is 1.52. The average molecular weight is 411 g/mol. The van der Waals surface area contributed by atoms with E-state index in [1.54, 1.807) is 7.11 Å². The Morgan fingerprint density at radius 2 is 2.10 bits per heavy atom. The third kappa shape index (κ3) is 4.31. The van der Waals surface area contributed by atoms with Crippen molar-refractivity contribution in [3.05, 3.63) is 53.2 Å². The molecule has 0 spiro atoms. The van der Waals surface area contributed by atoms with Crippen molar-refractivity contribution >= 4 is 5.82 Å². The zero-order chi connectivity index (χ0) is 21.1. The maximum Gasteiger partial charge on any atom is 0.171 e. The summed E-state index contributed by atoms with van der Waals surface area (Å²) in [6.45, 7) is 11.9. The topological polar surface area (TPSA) is 49.9 Å². The number of piperazine rings is 1. The minimum atomic E-state index is 0.274. The lowest BCUT2D eigenvalue weighted by atomic mass is 9.98. The molecule has 0 saturated carbocycles. The number of nitrogens with zero attached hydrogens (tertiary/aromatic N) is 3. The first-order valence-corrected chi connectivity index (χ1v) is 11.0. The van der Waals surface area contributed by atoms with E-state index in [4.69, 9.17) is 14.5 Å². The third-order valence-electron chi connectivity index (χ3n) is 6.51. The first kappa shape index (κ1) is 21.1. The Morgan fingerprint density at radius 3 is 2.87 bits per heavy atom. The molecule has 1 aromatic heterocycles. The lowest BCUT2D eigenvalue weighted by Gasteiger charge is -2.39. The van der Waals surface area contributed by atoms with Gasteiger partial charge in [0.2, 0.25) is 0 Å². The predicted molar refractivity (Wildman–Crippen MR) is 120 cm³/mol. The van der Waals surface area contributed by atoms with Gasteiger partial charge in [-0.3, -0.25) is 4.90 Å². The van der Waals surface area contributed by atoms with E-state index in [0.29, 0.717) is 12.1 Å². The maximum absolute atomic E-state index is 5.76. The number of morpholine rings is 1. The largest absolute Gasteiger partial charge is 0.493 e. The molecular weight excluding hydrogens is 376 g/mol. The van der Waals surface area contributed by atoms with Crippen LogP contribution < -0.4 is 15.0 Å². The fraction of sp³-hybridized carbons (Fsp3) is 0.542. The number of methoxy groups -OCH3 is 1. The van der Waals surface area contributed by atoms with Gasteiger partial charge in [0.15, 0.2) is 11.6 Å². The highest BCUT2D eigenvalue weighted by atomic mass is 16.5. The lowest BCUT2D eigenvalue weighted by Crippen LogP contribution is -2.46. The van der Waals surface area contributed by atoms with Crippen LogP contribution in [0.15, 0.2) is 36.5 Å². The van der Waals surface area contributed by atoms with Gasteiger partial charge >= 0.3 is 0 Å². The van der Waals surface area contributed by atoms with Crippen LogP contribution in [-0.2, 0) is 4.74 Å². The molecule has 162 valence electrons. The molecule has 4 rings (SSSR count). The molecule has 0 aliphatic carbocycles. The molecule has 2 fully saturated rings. The summed E-state index contributed by atoms with van der Waals surface area (Å²) in [5, 5.41) is 3.69. The number of nitrogens with one attached hydrogen (secondary N) is 1. The molecule has 2 aliphatic heterocycles. The zero-order valence-electron chi connectivity index (χ0n) is 18.6. The molecule has 1 N–H and O–H groups in total. The first-order valence-electron chi connectivity index (χ1n) is 11.0. The molecule has 2 aromatic rings. The van der Waals surface area contributed by atoms with Crippen molar-refractivity contribution in [3.8, 4) is 5.75 Å². The second-order valence-electron chi connectivity index (χ2n) is 8.45. The Labute approximate surface area is 180 Å². The molecule has 2 aliphatic rings. The van der Waals surface area contributed by atoms with E-state index in [1.165, 1.54) is 16.7 Å². The van der Waals surface area contributed by atoms with Gasteiger partial charge in [-0.2, -0.15) is 0 Å². The number of hydrogen-bond donors (Lipinski definition) is 1. The highest BCUT2D eigenvalue weighted by molar-refractivity contribution is 5.54. The molecule has 6 nitrogen and oxygen atoms in total. The van der Waals surface area contributed by atoms with Crippen molar-refractivity contribution in [2.24, 2.45) is 0 Å². The summed E-state index contributed by atoms with van der Waals surface area (Å²) >= 11 is 0. The third-order valence-corrected chi connectivity index (χ3v) is 6.51. The highest BCUT2D eigenvalue weighted by Gasteiger charge is 2.28. The molecule has 0 bridgehead atoms. The minimum absolute atomic E-state index is 0.274. The van der Waals surface area contributed by atoms with E-state index >= 15 is 0 Å². The van der Waals surface area contributed by atoms with Gasteiger partial charge < -0.3 is 19.7 Å². The maximum atomic E-state index is 5.76. The van der Waals surface area contributed by atoms with Crippen LogP contribution in [0.4, 0.5) is 5.82 Å². The van der Waals surface area contributed by atoms with Crippen molar-refractivity contribution in [2.75, 3.05) is 51.4 Å². The molecule has 3 atom stereocenters. The summed E-state index contributed by atoms with van der Waals surface area (Å²) in [5.41, 5.74) is 3.93. The number of anilines is 1. The highest BCUT2D eigenvalue weighted by Crippen LogP contribution is 2.33. The van der Waals surface area contributed by atoms with Crippen molar-refractivity contribution < 1.29 is 9.47 Å². The van der Waals surface area contributed by atoms with Gasteiger partial charge in [-0.1, -0.05) is 24.3 Å². The molecular formula is C24H34N4O2. The van der Waals surface area contributed by atoms with Gasteiger partial charge in [-0.15, -0.1) is 0 Å². The van der Waals surface area contributed by atoms with Gasteiger partial charge in [0, 0.05) is 44.5 Å². The van der Waals surface area contributed by atoms with E-state index in [-0.39, 0.29) is 6.04 Å². The lowest BCUT2D eigenvalue weighted by molar-refractivity contribution is 0.0982. The van der Waals surface area contributed by atoms with Crippen LogP contribution in [-0.4, -0.2) is 62.4 Å². The van der Waals surface area contributed by atoms with Crippen LogP contribution in [0.25, 0.3) is 0 Å². The standard InChI is InChI=1S/C24H34N4O2/c1-17-7-5-6-8-21(17)22-15-27(10-9-25-22)19(3)20-13-23(29-4)24(26-14-20)28-11-12-30-16-18(28)2/h5-8,13-14,18-19,22,25H,9-12,15-16H2,1-4H3/t18?,19-,22?/m1/s1. The summed E-state index contributed by atoms with van der Waals surface area (Å²) in [6, 6.07) is 11.8. The predicted octanol–water partition coefficient (Wildman–Crippen LogP) is 3.33. The quantitative estimate of drug-likeness (QED) is 0.816. The van der Waals surface area contributed by atoms with Crippen LogP contribution in [0.3, 0.4) is 0 Å². The van der Waals surface area contributed by atoms with Crippen LogP contribution in [0.1, 0.15) is 42.6 Å². The minimum Gasteiger partial charge on any atom is -0.493 e. The van der Waals surface area contributed by atoms with E-state index in [0.717, 1.165) is 51.0 Å². The van der Waals surface area contributed by atoms with Crippen molar-refractivity contribution in [3.63, 3.8) is 0 Å². The molecule has 0 amide bonds. The number of rotatable bonds is 5. The van der Waals surface area contributed by atoms with Crippen LogP contribution in [0.5, 0.6) is 5.75 Å². The monoisotopic (exact) mass is 410 g/mol. The number of benzene rings is 1. The molecule has 1 aromatic carbocycles.